The van der Waals surface area contributed by atoms with Gasteiger partial charge < -0.3 is 9.80 Å². The molecule has 2 heterocycles. The maximum atomic E-state index is 12.5. The zero-order chi connectivity index (χ0) is 17.3. The number of benzene rings is 1. The van der Waals surface area contributed by atoms with Crippen molar-refractivity contribution >= 4 is 33.0 Å². The topological polar surface area (TPSA) is 83.7 Å². The van der Waals surface area contributed by atoms with Crippen LogP contribution in [0.25, 0.3) is 0 Å². The first kappa shape index (κ1) is 16.9. The molecule has 1 aliphatic heterocycles. The van der Waals surface area contributed by atoms with E-state index in [0.29, 0.717) is 18.7 Å². The second kappa shape index (κ2) is 6.54. The summed E-state index contributed by atoms with van der Waals surface area (Å²) in [6.45, 7) is 4.77. The van der Waals surface area contributed by atoms with Gasteiger partial charge in [0.15, 0.2) is 0 Å². The number of nitrogens with two attached hydrogens (primary N) is 1. The molecule has 0 atom stereocenters. The molecule has 2 aromatic rings. The molecule has 128 valence electrons. The van der Waals surface area contributed by atoms with Crippen molar-refractivity contribution in [3.05, 3.63) is 46.8 Å². The molecule has 0 saturated carbocycles. The number of aryl methyl sites for hydroxylation is 1. The van der Waals surface area contributed by atoms with Crippen LogP contribution < -0.4 is 10.0 Å². The molecule has 1 aromatic carbocycles. The fourth-order valence-corrected chi connectivity index (χ4v) is 4.33. The smallest absolute Gasteiger partial charge is 0.254 e. The van der Waals surface area contributed by atoms with Crippen LogP contribution in [-0.2, 0) is 10.0 Å². The molecule has 0 unspecified atom stereocenters. The number of hydrogen-bond donors (Lipinski definition) is 1. The van der Waals surface area contributed by atoms with Crippen molar-refractivity contribution in [3.8, 4) is 0 Å². The summed E-state index contributed by atoms with van der Waals surface area (Å²) in [6.07, 6.45) is 0. The molecule has 1 aliphatic rings. The first-order valence-electron chi connectivity index (χ1n) is 7.57. The maximum Gasteiger partial charge on any atom is 0.254 e. The molecule has 24 heavy (non-hydrogen) atoms. The Kier molecular flexibility index (Phi) is 4.62. The van der Waals surface area contributed by atoms with Crippen molar-refractivity contribution in [2.75, 3.05) is 31.1 Å². The summed E-state index contributed by atoms with van der Waals surface area (Å²) in [5.74, 6) is -0.148. The van der Waals surface area contributed by atoms with Crippen molar-refractivity contribution in [3.63, 3.8) is 0 Å². The monoisotopic (exact) mass is 365 g/mol. The minimum absolute atomic E-state index is 0.0178. The van der Waals surface area contributed by atoms with E-state index in [4.69, 9.17) is 5.14 Å². The van der Waals surface area contributed by atoms with Crippen LogP contribution in [0.5, 0.6) is 0 Å². The molecule has 2 N–H and O–H groups in total. The fourth-order valence-electron chi connectivity index (χ4n) is 2.75. The van der Waals surface area contributed by atoms with Crippen molar-refractivity contribution in [1.82, 2.24) is 4.90 Å². The highest BCUT2D eigenvalue weighted by molar-refractivity contribution is 7.91. The van der Waals surface area contributed by atoms with Gasteiger partial charge in [0, 0.05) is 37.2 Å². The van der Waals surface area contributed by atoms with E-state index >= 15 is 0 Å². The Hall–Kier alpha value is -1.90. The highest BCUT2D eigenvalue weighted by atomic mass is 32.2. The van der Waals surface area contributed by atoms with Crippen molar-refractivity contribution in [2.45, 2.75) is 11.1 Å². The Morgan fingerprint density at radius 2 is 1.88 bits per heavy atom. The average Bonchev–Trinajstić information content (AvgIpc) is 3.04. The van der Waals surface area contributed by atoms with E-state index in [1.165, 1.54) is 11.6 Å². The summed E-state index contributed by atoms with van der Waals surface area (Å²) in [7, 11) is -3.76. The maximum absolute atomic E-state index is 12.5. The molecule has 0 aliphatic carbocycles. The molecular formula is C16H19N3O3S2. The van der Waals surface area contributed by atoms with Crippen LogP contribution in [0.1, 0.15) is 15.9 Å². The Balaban J connectivity index is 1.66. The lowest BCUT2D eigenvalue weighted by molar-refractivity contribution is 0.0747. The first-order chi connectivity index (χ1) is 11.3. The zero-order valence-corrected chi connectivity index (χ0v) is 14.9. The van der Waals surface area contributed by atoms with Crippen LogP contribution in [0.4, 0.5) is 5.69 Å². The number of primary sulfonamides is 1. The summed E-state index contributed by atoms with van der Waals surface area (Å²) in [5.41, 5.74) is 2.75. The molecule has 8 heteroatoms. The third-order valence-corrected chi connectivity index (χ3v) is 6.42. The van der Waals surface area contributed by atoms with E-state index in [9.17, 15) is 13.2 Å². The van der Waals surface area contributed by atoms with Gasteiger partial charge in [0.2, 0.25) is 10.0 Å². The number of thiophene rings is 1. The van der Waals surface area contributed by atoms with Gasteiger partial charge in [-0.15, -0.1) is 11.3 Å². The van der Waals surface area contributed by atoms with Gasteiger partial charge in [-0.2, -0.15) is 0 Å². The van der Waals surface area contributed by atoms with Crippen LogP contribution >= 0.6 is 11.3 Å². The zero-order valence-electron chi connectivity index (χ0n) is 13.3. The Bertz CT molecular complexity index is 853. The second-order valence-electron chi connectivity index (χ2n) is 5.82. The van der Waals surface area contributed by atoms with Gasteiger partial charge in [0.05, 0.1) is 5.56 Å². The minimum Gasteiger partial charge on any atom is -0.368 e. The standard InChI is InChI=1S/C16H19N3O3S2/c1-12-3-2-4-14(9-12)18-5-7-19(8-6-18)16(20)13-10-15(23-11-13)24(17,21)22/h2-4,9-11H,5-8H2,1H3,(H2,17,21,22). The summed E-state index contributed by atoms with van der Waals surface area (Å²) in [4.78, 5) is 16.5. The molecule has 1 saturated heterocycles. The molecular weight excluding hydrogens is 346 g/mol. The lowest BCUT2D eigenvalue weighted by Crippen LogP contribution is -2.48. The molecule has 0 radical (unpaired) electrons. The SMILES string of the molecule is Cc1cccc(N2CCN(C(=O)c3csc(S(N)(=O)=O)c3)CC2)c1. The molecule has 1 amide bonds. The van der Waals surface area contributed by atoms with Crippen LogP contribution in [-0.4, -0.2) is 45.4 Å². The van der Waals surface area contributed by atoms with E-state index < -0.39 is 10.0 Å². The van der Waals surface area contributed by atoms with E-state index in [2.05, 4.69) is 30.0 Å². The molecule has 6 nitrogen and oxygen atoms in total. The van der Waals surface area contributed by atoms with Crippen molar-refractivity contribution in [1.29, 1.82) is 0 Å². The van der Waals surface area contributed by atoms with Crippen LogP contribution in [0, 0.1) is 6.92 Å². The number of piperazine rings is 1. The first-order valence-corrected chi connectivity index (χ1v) is 9.99. The molecule has 3 rings (SSSR count). The number of carbonyl (C=O) groups excluding carboxylic acids is 1. The summed E-state index contributed by atoms with van der Waals surface area (Å²) < 4.78 is 22.7. The Morgan fingerprint density at radius 3 is 2.46 bits per heavy atom. The van der Waals surface area contributed by atoms with Crippen LogP contribution in [0.15, 0.2) is 39.9 Å². The lowest BCUT2D eigenvalue weighted by Gasteiger charge is -2.36. The largest absolute Gasteiger partial charge is 0.368 e. The number of sulfonamides is 1. The normalized spacial score (nSPS) is 15.6. The number of amides is 1. The number of anilines is 1. The lowest BCUT2D eigenvalue weighted by atomic mass is 10.2. The van der Waals surface area contributed by atoms with Gasteiger partial charge in [-0.25, -0.2) is 13.6 Å². The summed E-state index contributed by atoms with van der Waals surface area (Å²) >= 11 is 0.977. The van der Waals surface area contributed by atoms with Gasteiger partial charge in [0.1, 0.15) is 4.21 Å². The van der Waals surface area contributed by atoms with Gasteiger partial charge in [-0.3, -0.25) is 4.79 Å². The fraction of sp³-hybridized carbons (Fsp3) is 0.312. The van der Waals surface area contributed by atoms with Crippen molar-refractivity contribution < 1.29 is 13.2 Å². The summed E-state index contributed by atoms with van der Waals surface area (Å²) in [6, 6.07) is 9.65. The predicted molar refractivity (Wildman–Crippen MR) is 95.0 cm³/mol. The highest BCUT2D eigenvalue weighted by Crippen LogP contribution is 2.22. The Labute approximate surface area is 145 Å². The van der Waals surface area contributed by atoms with E-state index in [-0.39, 0.29) is 10.1 Å². The molecule has 0 spiro atoms. The molecule has 1 fully saturated rings. The number of nitrogens with zero attached hydrogens (tertiary/aromatic N) is 2. The number of hydrogen-bond acceptors (Lipinski definition) is 5. The van der Waals surface area contributed by atoms with Crippen LogP contribution in [0.3, 0.4) is 0 Å². The van der Waals surface area contributed by atoms with Gasteiger partial charge in [-0.1, -0.05) is 12.1 Å². The van der Waals surface area contributed by atoms with E-state index in [1.807, 2.05) is 6.07 Å². The third kappa shape index (κ3) is 3.61. The number of rotatable bonds is 3. The average molecular weight is 365 g/mol. The summed E-state index contributed by atoms with van der Waals surface area (Å²) in [5, 5.41) is 6.65. The Morgan fingerprint density at radius 1 is 1.17 bits per heavy atom. The van der Waals surface area contributed by atoms with Gasteiger partial charge in [-0.05, 0) is 30.7 Å². The number of carbonyl (C=O) groups is 1. The minimum atomic E-state index is -3.76. The molecule has 1 aromatic heterocycles. The highest BCUT2D eigenvalue weighted by Gasteiger charge is 2.24. The van der Waals surface area contributed by atoms with Crippen molar-refractivity contribution in [2.24, 2.45) is 5.14 Å². The second-order valence-corrected chi connectivity index (χ2v) is 8.52. The third-order valence-electron chi connectivity index (χ3n) is 4.04. The molecule has 0 bridgehead atoms. The van der Waals surface area contributed by atoms with Gasteiger partial charge in [0.25, 0.3) is 5.91 Å². The van der Waals surface area contributed by atoms with E-state index in [0.717, 1.165) is 30.1 Å². The quantitative estimate of drug-likeness (QED) is 0.897. The van der Waals surface area contributed by atoms with Crippen LogP contribution in [0.2, 0.25) is 0 Å². The predicted octanol–water partition coefficient (Wildman–Crippen LogP) is 1.67. The van der Waals surface area contributed by atoms with E-state index in [1.54, 1.807) is 10.3 Å². The van der Waals surface area contributed by atoms with Gasteiger partial charge >= 0.3 is 0 Å².